The monoisotopic (exact) mass is 288 g/mol. The van der Waals surface area contributed by atoms with E-state index in [1.165, 1.54) is 19.3 Å². The highest BCUT2D eigenvalue weighted by Crippen LogP contribution is 2.39. The third-order valence-electron chi connectivity index (χ3n) is 5.28. The van der Waals surface area contributed by atoms with E-state index in [4.69, 9.17) is 0 Å². The van der Waals surface area contributed by atoms with Crippen molar-refractivity contribution in [3.63, 3.8) is 0 Å². The molecule has 1 aliphatic heterocycles. The molecule has 1 aromatic heterocycles. The number of aryl methyl sites for hydroxylation is 1. The Morgan fingerprint density at radius 3 is 2.76 bits per heavy atom. The quantitative estimate of drug-likeness (QED) is 0.864. The lowest BCUT2D eigenvalue weighted by Crippen LogP contribution is -2.53. The molecule has 2 fully saturated rings. The average Bonchev–Trinajstić information content (AvgIpc) is 2.47. The maximum absolute atomic E-state index is 12.8. The number of hydrogen-bond acceptors (Lipinski definition) is 2. The number of rotatable bonds is 1. The van der Waals surface area contributed by atoms with E-state index >= 15 is 0 Å². The lowest BCUT2D eigenvalue weighted by atomic mass is 9.72. The third-order valence-corrected chi connectivity index (χ3v) is 5.28. The molecule has 114 valence electrons. The number of aromatic nitrogens is 1. The van der Waals surface area contributed by atoms with E-state index in [-0.39, 0.29) is 11.5 Å². The Morgan fingerprint density at radius 2 is 2.00 bits per heavy atom. The van der Waals surface area contributed by atoms with Crippen LogP contribution in [0.1, 0.15) is 55.1 Å². The number of aromatic amines is 1. The van der Waals surface area contributed by atoms with Gasteiger partial charge in [-0.1, -0.05) is 19.8 Å². The molecule has 0 spiro atoms. The molecular formula is C17H24N2O2. The Hall–Kier alpha value is -1.58. The van der Waals surface area contributed by atoms with E-state index in [0.29, 0.717) is 23.4 Å². The summed E-state index contributed by atoms with van der Waals surface area (Å²) in [5, 5.41) is 0. The van der Waals surface area contributed by atoms with Crippen LogP contribution in [-0.4, -0.2) is 28.4 Å². The summed E-state index contributed by atoms with van der Waals surface area (Å²) in [6.45, 7) is 4.92. The molecule has 0 unspecified atom stereocenters. The number of amides is 1. The number of nitrogens with one attached hydrogen (secondary N) is 1. The Morgan fingerprint density at radius 1 is 1.24 bits per heavy atom. The maximum atomic E-state index is 12.8. The van der Waals surface area contributed by atoms with Gasteiger partial charge < -0.3 is 9.88 Å². The summed E-state index contributed by atoms with van der Waals surface area (Å²) in [7, 11) is 0. The van der Waals surface area contributed by atoms with Gasteiger partial charge in [-0.2, -0.15) is 0 Å². The number of pyridine rings is 1. The van der Waals surface area contributed by atoms with Crippen molar-refractivity contribution in [2.45, 2.75) is 52.0 Å². The van der Waals surface area contributed by atoms with Crippen LogP contribution in [-0.2, 0) is 0 Å². The van der Waals surface area contributed by atoms with Crippen molar-refractivity contribution in [3.8, 4) is 0 Å². The summed E-state index contributed by atoms with van der Waals surface area (Å²) < 4.78 is 0. The van der Waals surface area contributed by atoms with E-state index < -0.39 is 0 Å². The lowest BCUT2D eigenvalue weighted by Gasteiger charge is -2.47. The second-order valence-electron chi connectivity index (χ2n) is 6.66. The molecule has 0 aromatic carbocycles. The molecular weight excluding hydrogens is 264 g/mol. The lowest BCUT2D eigenvalue weighted by molar-refractivity contribution is 0.0216. The Kier molecular flexibility index (Phi) is 3.87. The molecule has 0 radical (unpaired) electrons. The zero-order valence-electron chi connectivity index (χ0n) is 12.9. The van der Waals surface area contributed by atoms with Crippen LogP contribution in [0.5, 0.6) is 0 Å². The molecule has 1 aromatic rings. The van der Waals surface area contributed by atoms with E-state index in [1.54, 1.807) is 12.1 Å². The molecule has 4 heteroatoms. The number of nitrogens with zero attached hydrogens (tertiary/aromatic N) is 1. The molecule has 3 atom stereocenters. The number of piperidine rings is 1. The second kappa shape index (κ2) is 5.66. The number of likely N-dealkylation sites (tertiary alicyclic amines) is 1. The molecule has 4 nitrogen and oxygen atoms in total. The first kappa shape index (κ1) is 14.4. The first-order chi connectivity index (χ1) is 10.1. The molecule has 21 heavy (non-hydrogen) atoms. The van der Waals surface area contributed by atoms with Gasteiger partial charge in [0.2, 0.25) is 0 Å². The summed E-state index contributed by atoms with van der Waals surface area (Å²) in [5.41, 5.74) is 0.824. The third kappa shape index (κ3) is 2.63. The van der Waals surface area contributed by atoms with E-state index in [2.05, 4.69) is 11.9 Å². The minimum Gasteiger partial charge on any atom is -0.335 e. The minimum atomic E-state index is -0.258. The molecule has 2 aliphatic rings. The molecule has 1 amide bonds. The topological polar surface area (TPSA) is 53.2 Å². The van der Waals surface area contributed by atoms with Gasteiger partial charge in [0.1, 0.15) is 5.56 Å². The normalized spacial score (nSPS) is 29.0. The highest BCUT2D eigenvalue weighted by Gasteiger charge is 2.39. The van der Waals surface area contributed by atoms with Crippen molar-refractivity contribution < 1.29 is 4.79 Å². The smallest absolute Gasteiger partial charge is 0.260 e. The number of fused-ring (bicyclic) bond motifs is 1. The van der Waals surface area contributed by atoms with Gasteiger partial charge in [-0.15, -0.1) is 0 Å². The summed E-state index contributed by atoms with van der Waals surface area (Å²) in [4.78, 5) is 29.6. The number of H-pyrrole nitrogens is 1. The van der Waals surface area contributed by atoms with Crippen molar-refractivity contribution in [3.05, 3.63) is 33.7 Å². The zero-order valence-corrected chi connectivity index (χ0v) is 12.9. The fourth-order valence-corrected chi connectivity index (χ4v) is 4.06. The predicted octanol–water partition coefficient (Wildman–Crippen LogP) is 2.72. The van der Waals surface area contributed by atoms with Gasteiger partial charge in [-0.3, -0.25) is 9.59 Å². The Bertz CT molecular complexity index is 593. The standard InChI is InChI=1S/C17H24N2O2/c1-11-9-10-19(15-6-4-3-5-13(11)15)17(21)14-8-7-12(2)18-16(14)20/h7-8,11,13,15H,3-6,9-10H2,1-2H3,(H,18,20)/t11-,13+,15+/m0/s1. The maximum Gasteiger partial charge on any atom is 0.260 e. The first-order valence-electron chi connectivity index (χ1n) is 8.09. The molecule has 1 N–H and O–H groups in total. The second-order valence-corrected chi connectivity index (χ2v) is 6.66. The SMILES string of the molecule is Cc1ccc(C(=O)N2CC[C@H](C)[C@H]3CCCC[C@H]32)c(=O)[nH]1. The number of carbonyl (C=O) groups is 1. The zero-order chi connectivity index (χ0) is 15.0. The van der Waals surface area contributed by atoms with Crippen LogP contribution >= 0.6 is 0 Å². The molecule has 1 saturated carbocycles. The van der Waals surface area contributed by atoms with Crippen molar-refractivity contribution >= 4 is 5.91 Å². The van der Waals surface area contributed by atoms with Gasteiger partial charge in [-0.05, 0) is 50.2 Å². The van der Waals surface area contributed by atoms with Crippen LogP contribution < -0.4 is 5.56 Å². The van der Waals surface area contributed by atoms with Gasteiger partial charge in [0, 0.05) is 18.3 Å². The summed E-state index contributed by atoms with van der Waals surface area (Å²) in [5.74, 6) is 1.22. The van der Waals surface area contributed by atoms with Gasteiger partial charge in [0.05, 0.1) is 0 Å². The first-order valence-corrected chi connectivity index (χ1v) is 8.09. The van der Waals surface area contributed by atoms with Crippen LogP contribution in [0.25, 0.3) is 0 Å². The van der Waals surface area contributed by atoms with Crippen molar-refractivity contribution in [2.75, 3.05) is 6.54 Å². The summed E-state index contributed by atoms with van der Waals surface area (Å²) in [6.07, 6.45) is 5.83. The molecule has 1 aliphatic carbocycles. The van der Waals surface area contributed by atoms with Gasteiger partial charge in [0.25, 0.3) is 11.5 Å². The fraction of sp³-hybridized carbons (Fsp3) is 0.647. The summed E-state index contributed by atoms with van der Waals surface area (Å²) in [6, 6.07) is 3.81. The van der Waals surface area contributed by atoms with Crippen molar-refractivity contribution in [1.82, 2.24) is 9.88 Å². The highest BCUT2D eigenvalue weighted by molar-refractivity contribution is 5.94. The Balaban J connectivity index is 1.88. The summed E-state index contributed by atoms with van der Waals surface area (Å²) >= 11 is 0. The van der Waals surface area contributed by atoms with Gasteiger partial charge in [-0.25, -0.2) is 0 Å². The largest absolute Gasteiger partial charge is 0.335 e. The average molecular weight is 288 g/mol. The minimum absolute atomic E-state index is 0.0833. The van der Waals surface area contributed by atoms with Gasteiger partial charge in [0.15, 0.2) is 0 Å². The van der Waals surface area contributed by atoms with E-state index in [0.717, 1.165) is 25.1 Å². The number of carbonyl (C=O) groups excluding carboxylic acids is 1. The predicted molar refractivity (Wildman–Crippen MR) is 82.4 cm³/mol. The van der Waals surface area contributed by atoms with Crippen LogP contribution in [0.3, 0.4) is 0 Å². The van der Waals surface area contributed by atoms with Gasteiger partial charge >= 0.3 is 0 Å². The van der Waals surface area contributed by atoms with Crippen LogP contribution in [0.15, 0.2) is 16.9 Å². The molecule has 3 rings (SSSR count). The van der Waals surface area contributed by atoms with Crippen molar-refractivity contribution in [2.24, 2.45) is 11.8 Å². The van der Waals surface area contributed by atoms with E-state index in [9.17, 15) is 9.59 Å². The highest BCUT2D eigenvalue weighted by atomic mass is 16.2. The van der Waals surface area contributed by atoms with Crippen molar-refractivity contribution in [1.29, 1.82) is 0 Å². The molecule has 1 saturated heterocycles. The number of hydrogen-bond donors (Lipinski definition) is 1. The van der Waals surface area contributed by atoms with Crippen LogP contribution in [0, 0.1) is 18.8 Å². The van der Waals surface area contributed by atoms with Crippen LogP contribution in [0.2, 0.25) is 0 Å². The Labute approximate surface area is 125 Å². The van der Waals surface area contributed by atoms with Crippen LogP contribution in [0.4, 0.5) is 0 Å². The molecule has 2 heterocycles. The fourth-order valence-electron chi connectivity index (χ4n) is 4.06. The van der Waals surface area contributed by atoms with E-state index in [1.807, 2.05) is 11.8 Å². The molecule has 0 bridgehead atoms.